The Morgan fingerprint density at radius 3 is 2.87 bits per heavy atom. The monoisotopic (exact) mass is 408 g/mol. The molecular weight excluding hydrogens is 396 g/mol. The molecule has 3 N–H and O–H groups in total. The number of aromatic amines is 3. The van der Waals surface area contributed by atoms with Crippen molar-refractivity contribution in [2.45, 2.75) is 0 Å². The van der Waals surface area contributed by atoms with Crippen LogP contribution >= 0.6 is 11.3 Å². The average Bonchev–Trinajstić information content (AvgIpc) is 3.50. The van der Waals surface area contributed by atoms with Gasteiger partial charge in [0.1, 0.15) is 11.2 Å². The number of hydrogen-bond acceptors (Lipinski definition) is 6. The molecule has 0 spiro atoms. The standard InChI is InChI=1S/C21H12N8S/c1-2-17-25-11-5-10(7-22-8-11)14-6-13-15(9-24-14)28-29-19(13)21-26-18-12(16(1)30-17)3-4-23-20(18)27-21/h1-9,25,28-29H. The zero-order valence-electron chi connectivity index (χ0n) is 15.3. The number of nitrogens with one attached hydrogen (secondary N) is 3. The van der Waals surface area contributed by atoms with Crippen molar-refractivity contribution in [1.29, 1.82) is 0 Å². The minimum atomic E-state index is 0.602. The first-order chi connectivity index (χ1) is 14.8. The molecule has 2 aliphatic heterocycles. The number of fused-ring (bicyclic) bond motifs is 9. The molecule has 7 rings (SSSR count). The normalized spacial score (nSPS) is 12.0. The van der Waals surface area contributed by atoms with E-state index in [0.717, 1.165) is 53.6 Å². The quantitative estimate of drug-likeness (QED) is 0.337. The molecule has 0 aromatic carbocycles. The molecule has 2 aliphatic rings. The Morgan fingerprint density at radius 1 is 0.867 bits per heavy atom. The van der Waals surface area contributed by atoms with E-state index in [0.29, 0.717) is 11.3 Å². The number of nitrogens with zero attached hydrogens (tertiary/aromatic N) is 5. The van der Waals surface area contributed by atoms with E-state index in [4.69, 9.17) is 9.97 Å². The maximum atomic E-state index is 4.84. The van der Waals surface area contributed by atoms with Crippen LogP contribution in [0.15, 0.2) is 55.1 Å². The highest BCUT2D eigenvalue weighted by Crippen LogP contribution is 2.31. The lowest BCUT2D eigenvalue weighted by molar-refractivity contribution is 1.12. The van der Waals surface area contributed by atoms with Gasteiger partial charge in [-0.3, -0.25) is 20.2 Å². The SMILES string of the molecule is c1cc2c3ccc([nH]c4cncc(c4)c4cc5c(cn4)[nH][nH]c-5c4nc(n1)c2n4)s3. The summed E-state index contributed by atoms with van der Waals surface area (Å²) in [6.07, 6.45) is 7.21. The lowest BCUT2D eigenvalue weighted by Gasteiger charge is -1.98. The van der Waals surface area contributed by atoms with E-state index in [2.05, 4.69) is 48.3 Å². The first-order valence-corrected chi connectivity index (χ1v) is 10.2. The van der Waals surface area contributed by atoms with Gasteiger partial charge in [0.25, 0.3) is 0 Å². The molecule has 30 heavy (non-hydrogen) atoms. The van der Waals surface area contributed by atoms with E-state index in [1.165, 1.54) is 0 Å². The molecule has 142 valence electrons. The molecule has 5 aromatic rings. The van der Waals surface area contributed by atoms with Crippen molar-refractivity contribution < 1.29 is 0 Å². The van der Waals surface area contributed by atoms with Crippen molar-refractivity contribution in [1.82, 2.24) is 40.1 Å². The summed E-state index contributed by atoms with van der Waals surface area (Å²) < 4.78 is 1.10. The van der Waals surface area contributed by atoms with E-state index in [-0.39, 0.29) is 0 Å². The summed E-state index contributed by atoms with van der Waals surface area (Å²) >= 11 is 1.65. The first kappa shape index (κ1) is 15.8. The molecule has 0 saturated carbocycles. The molecule has 0 radical (unpaired) electrons. The summed E-state index contributed by atoms with van der Waals surface area (Å²) in [4.78, 5) is 27.5. The van der Waals surface area contributed by atoms with Crippen LogP contribution < -0.4 is 0 Å². The van der Waals surface area contributed by atoms with Gasteiger partial charge in [0, 0.05) is 33.4 Å². The maximum absolute atomic E-state index is 4.84. The molecule has 0 amide bonds. The van der Waals surface area contributed by atoms with E-state index in [9.17, 15) is 0 Å². The van der Waals surface area contributed by atoms with Crippen molar-refractivity contribution in [3.63, 3.8) is 0 Å². The van der Waals surface area contributed by atoms with Gasteiger partial charge in [-0.15, -0.1) is 11.3 Å². The summed E-state index contributed by atoms with van der Waals surface area (Å²) in [5.74, 6) is 0. The van der Waals surface area contributed by atoms with E-state index in [1.54, 1.807) is 23.7 Å². The Balaban J connectivity index is 1.75. The lowest BCUT2D eigenvalue weighted by Crippen LogP contribution is -1.83. The van der Waals surface area contributed by atoms with Gasteiger partial charge in [0.05, 0.1) is 33.8 Å². The largest absolute Gasteiger partial charge is 0.346 e. The van der Waals surface area contributed by atoms with Crippen LogP contribution in [0, 0.1) is 0 Å². The second-order valence-corrected chi connectivity index (χ2v) is 8.15. The lowest BCUT2D eigenvalue weighted by atomic mass is 10.1. The van der Waals surface area contributed by atoms with Crippen molar-refractivity contribution in [2.75, 3.05) is 0 Å². The highest BCUT2D eigenvalue weighted by atomic mass is 32.1. The number of H-pyrrole nitrogens is 3. The molecule has 5 aromatic heterocycles. The summed E-state index contributed by atoms with van der Waals surface area (Å²) in [6.45, 7) is 0. The van der Waals surface area contributed by atoms with Gasteiger partial charge in [0.15, 0.2) is 11.3 Å². The maximum Gasteiger partial charge on any atom is 0.181 e. The summed E-state index contributed by atoms with van der Waals surface area (Å²) in [7, 11) is 0. The van der Waals surface area contributed by atoms with Crippen LogP contribution in [0.5, 0.6) is 0 Å². The minimum absolute atomic E-state index is 0.602. The van der Waals surface area contributed by atoms with Gasteiger partial charge in [-0.1, -0.05) is 0 Å². The number of hydrogen-bond donors (Lipinski definition) is 3. The van der Waals surface area contributed by atoms with Gasteiger partial charge in [-0.2, -0.15) is 0 Å². The molecule has 0 saturated heterocycles. The molecule has 0 atom stereocenters. The molecule has 0 unspecified atom stereocenters. The van der Waals surface area contributed by atoms with Gasteiger partial charge < -0.3 is 4.98 Å². The van der Waals surface area contributed by atoms with Crippen LogP contribution in [-0.2, 0) is 0 Å². The number of rotatable bonds is 0. The van der Waals surface area contributed by atoms with Crippen LogP contribution in [0.25, 0.3) is 64.9 Å². The van der Waals surface area contributed by atoms with Crippen molar-refractivity contribution >= 4 is 65.0 Å². The van der Waals surface area contributed by atoms with Crippen molar-refractivity contribution in [2.24, 2.45) is 0 Å². The highest BCUT2D eigenvalue weighted by Gasteiger charge is 2.15. The second-order valence-electron chi connectivity index (χ2n) is 7.07. The summed E-state index contributed by atoms with van der Waals surface area (Å²) in [6, 6.07) is 10.2. The fourth-order valence-electron chi connectivity index (χ4n) is 3.81. The number of aromatic nitrogens is 8. The Bertz CT molecular complexity index is 1770. The Hall–Kier alpha value is -4.11. The fourth-order valence-corrected chi connectivity index (χ4v) is 4.76. The number of pyridine rings is 3. The predicted molar refractivity (Wildman–Crippen MR) is 118 cm³/mol. The fraction of sp³-hybridized carbons (Fsp3) is 0. The van der Waals surface area contributed by atoms with Gasteiger partial charge >= 0.3 is 0 Å². The van der Waals surface area contributed by atoms with Crippen LogP contribution in [0.3, 0.4) is 0 Å². The smallest absolute Gasteiger partial charge is 0.181 e. The van der Waals surface area contributed by atoms with Crippen LogP contribution in [0.2, 0.25) is 0 Å². The van der Waals surface area contributed by atoms with E-state index >= 15 is 0 Å². The minimum Gasteiger partial charge on any atom is -0.346 e. The Labute approximate surface area is 171 Å². The zero-order valence-corrected chi connectivity index (χ0v) is 16.2. The topological polar surface area (TPSA) is 112 Å². The number of imidazole rings is 1. The van der Waals surface area contributed by atoms with Gasteiger partial charge in [0.2, 0.25) is 0 Å². The average molecular weight is 408 g/mol. The second kappa shape index (κ2) is 5.71. The summed E-state index contributed by atoms with van der Waals surface area (Å²) in [5, 5.41) is 8.30. The van der Waals surface area contributed by atoms with E-state index < -0.39 is 0 Å². The van der Waals surface area contributed by atoms with Gasteiger partial charge in [-0.05, 0) is 30.3 Å². The highest BCUT2D eigenvalue weighted by molar-refractivity contribution is 7.23. The third-order valence-corrected chi connectivity index (χ3v) is 6.26. The van der Waals surface area contributed by atoms with Crippen molar-refractivity contribution in [3.8, 4) is 11.3 Å². The zero-order chi connectivity index (χ0) is 19.7. The molecule has 8 nitrogen and oxygen atoms in total. The molecule has 0 fully saturated rings. The van der Waals surface area contributed by atoms with Crippen LogP contribution in [0.4, 0.5) is 0 Å². The van der Waals surface area contributed by atoms with Crippen LogP contribution in [0.1, 0.15) is 0 Å². The Kier molecular flexibility index (Phi) is 3.00. The van der Waals surface area contributed by atoms with Gasteiger partial charge in [-0.25, -0.2) is 15.0 Å². The predicted octanol–water partition coefficient (Wildman–Crippen LogP) is 4.70. The molecular formula is C21H12N8S. The van der Waals surface area contributed by atoms with Crippen molar-refractivity contribution in [3.05, 3.63) is 55.1 Å². The van der Waals surface area contributed by atoms with Crippen LogP contribution in [-0.4, -0.2) is 40.1 Å². The Morgan fingerprint density at radius 2 is 1.87 bits per heavy atom. The summed E-state index contributed by atoms with van der Waals surface area (Å²) in [5.41, 5.74) is 6.40. The molecule has 0 aliphatic carbocycles. The molecule has 9 heteroatoms. The first-order valence-electron chi connectivity index (χ1n) is 9.34. The molecule has 7 heterocycles. The number of thiophene rings is 1. The molecule has 8 bridgehead atoms. The third kappa shape index (κ3) is 2.23. The third-order valence-electron chi connectivity index (χ3n) is 5.23. The van der Waals surface area contributed by atoms with E-state index in [1.807, 2.05) is 24.5 Å².